The van der Waals surface area contributed by atoms with E-state index in [2.05, 4.69) is 37.3 Å². The number of rotatable bonds is 5. The molecule has 0 bridgehead atoms. The van der Waals surface area contributed by atoms with Crippen molar-refractivity contribution in [3.63, 3.8) is 0 Å². The second-order valence-corrected chi connectivity index (χ2v) is 6.94. The minimum absolute atomic E-state index is 0.127. The van der Waals surface area contributed by atoms with Gasteiger partial charge < -0.3 is 10.6 Å². The molecule has 4 heteroatoms. The Hall–Kier alpha value is -1.00. The first-order chi connectivity index (χ1) is 10.1. The highest BCUT2D eigenvalue weighted by atomic mass is 32.2. The van der Waals surface area contributed by atoms with Gasteiger partial charge in [0.15, 0.2) is 0 Å². The highest BCUT2D eigenvalue weighted by molar-refractivity contribution is 7.98. The standard InChI is InChI=1S/C17H26N2OS/c1-13-12-19(17(20)16(18)9-11-21-2)10-8-15(13)14-6-4-3-5-7-14/h3-7,13,15-16H,8-12,18H2,1-2H3/t13?,15?,16-/m0/s1. The van der Waals surface area contributed by atoms with Gasteiger partial charge in [0.2, 0.25) is 5.91 Å². The zero-order chi connectivity index (χ0) is 15.2. The van der Waals surface area contributed by atoms with Crippen LogP contribution >= 0.6 is 11.8 Å². The van der Waals surface area contributed by atoms with Crippen LogP contribution in [-0.2, 0) is 4.79 Å². The van der Waals surface area contributed by atoms with Crippen molar-refractivity contribution in [1.29, 1.82) is 0 Å². The van der Waals surface area contributed by atoms with E-state index in [4.69, 9.17) is 5.73 Å². The van der Waals surface area contributed by atoms with Crippen LogP contribution < -0.4 is 5.73 Å². The molecule has 1 saturated heterocycles. The van der Waals surface area contributed by atoms with Gasteiger partial charge in [-0.25, -0.2) is 0 Å². The Kier molecular flexibility index (Phi) is 6.12. The molecule has 0 aliphatic carbocycles. The predicted octanol–water partition coefficient (Wildman–Crippen LogP) is 2.72. The molecule has 1 aromatic carbocycles. The molecule has 1 aliphatic rings. The summed E-state index contributed by atoms with van der Waals surface area (Å²) in [6, 6.07) is 10.3. The van der Waals surface area contributed by atoms with Gasteiger partial charge in [-0.2, -0.15) is 11.8 Å². The lowest BCUT2D eigenvalue weighted by atomic mass is 9.81. The van der Waals surface area contributed by atoms with E-state index in [1.807, 2.05) is 11.2 Å². The monoisotopic (exact) mass is 306 g/mol. The van der Waals surface area contributed by atoms with Crippen LogP contribution in [-0.4, -0.2) is 41.9 Å². The number of amides is 1. The molecule has 1 aromatic rings. The fourth-order valence-corrected chi connectivity index (χ4v) is 3.63. The van der Waals surface area contributed by atoms with Gasteiger partial charge in [-0.15, -0.1) is 0 Å². The molecule has 2 unspecified atom stereocenters. The smallest absolute Gasteiger partial charge is 0.239 e. The Morgan fingerprint density at radius 1 is 1.43 bits per heavy atom. The Labute approximate surface area is 132 Å². The Bertz CT molecular complexity index is 451. The summed E-state index contributed by atoms with van der Waals surface area (Å²) in [4.78, 5) is 14.4. The molecule has 1 fully saturated rings. The number of benzene rings is 1. The molecular weight excluding hydrogens is 280 g/mol. The summed E-state index contributed by atoms with van der Waals surface area (Å²) in [5, 5.41) is 0. The van der Waals surface area contributed by atoms with Crippen molar-refractivity contribution >= 4 is 17.7 Å². The number of piperidine rings is 1. The molecule has 1 heterocycles. The largest absolute Gasteiger partial charge is 0.341 e. The number of nitrogens with zero attached hydrogens (tertiary/aromatic N) is 1. The van der Waals surface area contributed by atoms with Crippen molar-refractivity contribution in [2.24, 2.45) is 11.7 Å². The first-order valence-corrected chi connectivity index (χ1v) is 9.11. The van der Waals surface area contributed by atoms with E-state index >= 15 is 0 Å². The second-order valence-electron chi connectivity index (χ2n) is 5.96. The van der Waals surface area contributed by atoms with Crippen LogP contribution in [0.1, 0.15) is 31.2 Å². The zero-order valence-corrected chi connectivity index (χ0v) is 13.8. The van der Waals surface area contributed by atoms with Gasteiger partial charge in [0.05, 0.1) is 6.04 Å². The first-order valence-electron chi connectivity index (χ1n) is 7.71. The van der Waals surface area contributed by atoms with Gasteiger partial charge in [0.1, 0.15) is 0 Å². The summed E-state index contributed by atoms with van der Waals surface area (Å²) < 4.78 is 0. The molecule has 0 radical (unpaired) electrons. The number of carbonyl (C=O) groups is 1. The van der Waals surface area contributed by atoms with E-state index in [9.17, 15) is 4.79 Å². The van der Waals surface area contributed by atoms with Crippen molar-refractivity contribution < 1.29 is 4.79 Å². The van der Waals surface area contributed by atoms with Crippen LogP contribution in [0.25, 0.3) is 0 Å². The van der Waals surface area contributed by atoms with Crippen molar-refractivity contribution in [3.8, 4) is 0 Å². The van der Waals surface area contributed by atoms with Crippen LogP contribution in [0, 0.1) is 5.92 Å². The summed E-state index contributed by atoms with van der Waals surface area (Å²) in [5.74, 6) is 2.11. The topological polar surface area (TPSA) is 46.3 Å². The molecule has 3 atom stereocenters. The lowest BCUT2D eigenvalue weighted by Gasteiger charge is -2.38. The van der Waals surface area contributed by atoms with E-state index < -0.39 is 0 Å². The van der Waals surface area contributed by atoms with Crippen molar-refractivity contribution in [2.45, 2.75) is 31.7 Å². The highest BCUT2D eigenvalue weighted by Gasteiger charge is 2.31. The summed E-state index contributed by atoms with van der Waals surface area (Å²) in [6.07, 6.45) is 3.85. The van der Waals surface area contributed by atoms with Gasteiger partial charge in [-0.3, -0.25) is 4.79 Å². The molecule has 21 heavy (non-hydrogen) atoms. The summed E-state index contributed by atoms with van der Waals surface area (Å²) in [7, 11) is 0. The van der Waals surface area contributed by atoms with Crippen molar-refractivity contribution in [2.75, 3.05) is 25.1 Å². The molecule has 116 valence electrons. The Morgan fingerprint density at radius 2 is 2.14 bits per heavy atom. The van der Waals surface area contributed by atoms with Crippen LogP contribution in [0.3, 0.4) is 0 Å². The fourth-order valence-electron chi connectivity index (χ4n) is 3.14. The first kappa shape index (κ1) is 16.4. The molecule has 1 amide bonds. The highest BCUT2D eigenvalue weighted by Crippen LogP contribution is 2.32. The number of nitrogens with two attached hydrogens (primary N) is 1. The third kappa shape index (κ3) is 4.24. The predicted molar refractivity (Wildman–Crippen MR) is 90.5 cm³/mol. The molecule has 0 saturated carbocycles. The van der Waals surface area contributed by atoms with Crippen LogP contribution in [0.5, 0.6) is 0 Å². The van der Waals surface area contributed by atoms with Crippen LogP contribution in [0.4, 0.5) is 0 Å². The maximum atomic E-state index is 12.4. The Balaban J connectivity index is 1.93. The number of hydrogen-bond donors (Lipinski definition) is 1. The molecule has 2 rings (SSSR count). The van der Waals surface area contributed by atoms with Gasteiger partial charge >= 0.3 is 0 Å². The number of carbonyl (C=O) groups excluding carboxylic acids is 1. The van der Waals surface area contributed by atoms with Crippen molar-refractivity contribution in [1.82, 2.24) is 4.90 Å². The number of hydrogen-bond acceptors (Lipinski definition) is 3. The number of thioether (sulfide) groups is 1. The van der Waals surface area contributed by atoms with Gasteiger partial charge in [-0.1, -0.05) is 37.3 Å². The molecule has 0 aromatic heterocycles. The minimum atomic E-state index is -0.335. The van der Waals surface area contributed by atoms with Gasteiger partial charge in [0, 0.05) is 13.1 Å². The van der Waals surface area contributed by atoms with Gasteiger partial charge in [0.25, 0.3) is 0 Å². The maximum Gasteiger partial charge on any atom is 0.239 e. The molecule has 1 aliphatic heterocycles. The summed E-state index contributed by atoms with van der Waals surface area (Å²) >= 11 is 1.74. The van der Waals surface area contributed by atoms with Crippen LogP contribution in [0.15, 0.2) is 30.3 Å². The zero-order valence-electron chi connectivity index (χ0n) is 13.0. The summed E-state index contributed by atoms with van der Waals surface area (Å²) in [5.41, 5.74) is 7.41. The molecule has 3 nitrogen and oxygen atoms in total. The SMILES string of the molecule is CSCC[C@H](N)C(=O)N1CCC(c2ccccc2)C(C)C1. The van der Waals surface area contributed by atoms with E-state index in [0.29, 0.717) is 11.8 Å². The fraction of sp³-hybridized carbons (Fsp3) is 0.588. The average Bonchev–Trinajstić information content (AvgIpc) is 2.52. The van der Waals surface area contributed by atoms with E-state index in [-0.39, 0.29) is 11.9 Å². The third-order valence-corrected chi connectivity index (χ3v) is 5.04. The molecule has 2 N–H and O–H groups in total. The van der Waals surface area contributed by atoms with E-state index in [0.717, 1.165) is 31.7 Å². The number of likely N-dealkylation sites (tertiary alicyclic amines) is 1. The third-order valence-electron chi connectivity index (χ3n) is 4.39. The van der Waals surface area contributed by atoms with E-state index in [1.165, 1.54) is 5.56 Å². The lowest BCUT2D eigenvalue weighted by Crippen LogP contribution is -2.49. The van der Waals surface area contributed by atoms with E-state index in [1.54, 1.807) is 11.8 Å². The average molecular weight is 306 g/mol. The minimum Gasteiger partial charge on any atom is -0.341 e. The molecule has 0 spiro atoms. The quantitative estimate of drug-likeness (QED) is 0.910. The summed E-state index contributed by atoms with van der Waals surface area (Å²) in [6.45, 7) is 3.89. The maximum absolute atomic E-state index is 12.4. The van der Waals surface area contributed by atoms with Crippen LogP contribution in [0.2, 0.25) is 0 Å². The van der Waals surface area contributed by atoms with Gasteiger partial charge in [-0.05, 0) is 42.2 Å². The second kappa shape index (κ2) is 7.85. The normalized spacial score (nSPS) is 23.9. The lowest BCUT2D eigenvalue weighted by molar-refractivity contribution is -0.134. The van der Waals surface area contributed by atoms with Crippen molar-refractivity contribution in [3.05, 3.63) is 35.9 Å². The molecular formula is C17H26N2OS. The Morgan fingerprint density at radius 3 is 2.76 bits per heavy atom.